The summed E-state index contributed by atoms with van der Waals surface area (Å²) in [6.07, 6.45) is 0.875. The molecule has 21 aromatic rings. The average Bonchev–Trinajstić information content (AvgIpc) is 1.15. The highest BCUT2D eigenvalue weighted by atomic mass is 15.2. The van der Waals surface area contributed by atoms with E-state index in [1.54, 1.807) is 18.2 Å². The van der Waals surface area contributed by atoms with Crippen molar-refractivity contribution in [2.45, 2.75) is 13.3 Å². The van der Waals surface area contributed by atoms with Gasteiger partial charge in [-0.1, -0.05) is 318 Å². The molecule has 16 heteroatoms. The molecule has 0 fully saturated rings. The molecule has 0 radical (unpaired) electrons. The molecule has 0 bridgehead atoms. The summed E-state index contributed by atoms with van der Waals surface area (Å²) in [5, 5.41) is 35.4. The van der Waals surface area contributed by atoms with Crippen molar-refractivity contribution >= 4 is 128 Å². The zero-order chi connectivity index (χ0) is 86.3. The van der Waals surface area contributed by atoms with Crippen LogP contribution in [0.25, 0.3) is 163 Å². The van der Waals surface area contributed by atoms with Crippen LogP contribution in [0.4, 0.5) is 51.6 Å². The molecule has 0 spiro atoms. The van der Waals surface area contributed by atoms with Crippen molar-refractivity contribution in [3.63, 3.8) is 0 Å². The maximum Gasteiger partial charge on any atom is 0.307 e. The lowest BCUT2D eigenvalue weighted by Crippen LogP contribution is -2.10. The van der Waals surface area contributed by atoms with Crippen LogP contribution in [0.1, 0.15) is 29.8 Å². The number of nitriles is 3. The molecule has 21 rings (SSSR count). The van der Waals surface area contributed by atoms with Crippen LogP contribution in [-0.2, 0) is 6.42 Å². The molecular weight excluding hydrogens is 1560 g/mol. The highest BCUT2D eigenvalue weighted by molar-refractivity contribution is 6.22. The first kappa shape index (κ1) is 78.4. The molecule has 4 heterocycles. The highest BCUT2D eigenvalue weighted by Gasteiger charge is 2.29. The van der Waals surface area contributed by atoms with Crippen molar-refractivity contribution in [2.24, 2.45) is 0 Å². The normalized spacial score (nSPS) is 10.9. The molecule has 0 aliphatic carbocycles. The van der Waals surface area contributed by atoms with E-state index in [1.165, 1.54) is 99.1 Å². The van der Waals surface area contributed by atoms with Gasteiger partial charge in [-0.05, 0) is 185 Å². The Morgan fingerprint density at radius 1 is 0.276 bits per heavy atom. The van der Waals surface area contributed by atoms with Crippen molar-refractivity contribution in [1.82, 2.24) is 39.5 Å². The van der Waals surface area contributed by atoms with E-state index in [4.69, 9.17) is 24.7 Å². The second kappa shape index (κ2) is 34.7. The van der Waals surface area contributed by atoms with Gasteiger partial charge in [0.2, 0.25) is 11.0 Å². The number of para-hydroxylation sites is 3. The number of nitrogens with zero attached hydrogens (tertiary/aromatic N) is 16. The SMILES string of the molecule is CCc1nc2ccccc2n1-c1ccc(-c2c3ccccc3c(-c3ccc(-c4ccccc4)cc3)c3ccccc23)cc1.[C-]#[N+]c1nc2c(nc1C#N)c1nc(C#N)c(C#N)nc1c1nc([N+]#[C-])c([N+]#[C-])nc21.c1ccc(-c2ccc(N(c3ccc(-c4ccccc4)cc3)c3ccc(-c4ccc(N(c5ccccc5)c5cccc6ccccc56)cc4)cc3)cc2)cc1. The molecule has 17 aromatic carbocycles. The number of hydrogen-bond donors (Lipinski definition) is 0. The first-order chi connectivity index (χ1) is 62.7. The molecular formula is C111H68N16. The van der Waals surface area contributed by atoms with E-state index in [1.807, 2.05) is 0 Å². The molecule has 0 aliphatic rings. The van der Waals surface area contributed by atoms with Gasteiger partial charge in [0.25, 0.3) is 17.2 Å². The minimum absolute atomic E-state index is 0.000622. The first-order valence-corrected chi connectivity index (χ1v) is 41.1. The number of rotatable bonds is 14. The van der Waals surface area contributed by atoms with Crippen molar-refractivity contribution in [3.8, 4) is 90.7 Å². The molecule has 0 aliphatic heterocycles. The number of aryl methyl sites for hydroxylation is 1. The zero-order valence-electron chi connectivity index (χ0n) is 68.2. The number of anilines is 6. The molecule has 4 aromatic heterocycles. The number of aromatic nitrogens is 8. The summed E-state index contributed by atoms with van der Waals surface area (Å²) in [4.78, 5) is 43.9. The maximum atomic E-state index is 9.30. The Bertz CT molecular complexity index is 7570. The van der Waals surface area contributed by atoms with Crippen LogP contribution < -0.4 is 9.80 Å². The second-order valence-electron chi connectivity index (χ2n) is 29.9. The predicted octanol–water partition coefficient (Wildman–Crippen LogP) is 28.5. The fraction of sp³-hybridized carbons (Fsp3) is 0.0180. The Morgan fingerprint density at radius 3 is 0.992 bits per heavy atom. The van der Waals surface area contributed by atoms with E-state index < -0.39 is 0 Å². The summed E-state index contributed by atoms with van der Waals surface area (Å²) in [6.45, 7) is 23.9. The van der Waals surface area contributed by atoms with E-state index in [9.17, 15) is 15.8 Å². The van der Waals surface area contributed by atoms with Crippen molar-refractivity contribution in [1.29, 1.82) is 15.8 Å². The Morgan fingerprint density at radius 2 is 0.583 bits per heavy atom. The van der Waals surface area contributed by atoms with Crippen LogP contribution in [0.2, 0.25) is 0 Å². The quantitative estimate of drug-likeness (QED) is 0.0570. The Labute approximate surface area is 731 Å². The molecule has 0 unspecified atom stereocenters. The molecule has 0 saturated heterocycles. The predicted molar refractivity (Wildman–Crippen MR) is 510 cm³/mol. The van der Waals surface area contributed by atoms with Crippen molar-refractivity contribution in [3.05, 3.63) is 439 Å². The van der Waals surface area contributed by atoms with Crippen molar-refractivity contribution in [2.75, 3.05) is 9.80 Å². The third-order valence-electron chi connectivity index (χ3n) is 22.6. The fourth-order valence-corrected chi connectivity index (χ4v) is 16.6. The lowest BCUT2D eigenvalue weighted by molar-refractivity contribution is 0.908. The zero-order valence-corrected chi connectivity index (χ0v) is 68.2. The molecule has 0 saturated carbocycles. The largest absolute Gasteiger partial charge is 0.370 e. The van der Waals surface area contributed by atoms with Crippen LogP contribution >= 0.6 is 0 Å². The van der Waals surface area contributed by atoms with Gasteiger partial charge < -0.3 is 24.3 Å². The van der Waals surface area contributed by atoms with Gasteiger partial charge in [0.1, 0.15) is 40.6 Å². The van der Waals surface area contributed by atoms with Gasteiger partial charge in [-0.15, -0.1) is 15.0 Å². The molecule has 0 atom stereocenters. The maximum absolute atomic E-state index is 9.30. The highest BCUT2D eigenvalue weighted by Crippen LogP contribution is 2.47. The van der Waals surface area contributed by atoms with E-state index >= 15 is 0 Å². The van der Waals surface area contributed by atoms with Gasteiger partial charge in [0, 0.05) is 45.9 Å². The lowest BCUT2D eigenvalue weighted by atomic mass is 9.85. The Hall–Kier alpha value is -18.5. The van der Waals surface area contributed by atoms with Gasteiger partial charge in [0.05, 0.1) is 16.7 Å². The monoisotopic (exact) mass is 1620 g/mol. The van der Waals surface area contributed by atoms with E-state index in [-0.39, 0.29) is 67.6 Å². The summed E-state index contributed by atoms with van der Waals surface area (Å²) >= 11 is 0. The van der Waals surface area contributed by atoms with E-state index in [0.29, 0.717) is 0 Å². The van der Waals surface area contributed by atoms with Crippen LogP contribution in [-0.4, -0.2) is 39.5 Å². The Balaban J connectivity index is 0.000000129. The van der Waals surface area contributed by atoms with Gasteiger partial charge in [-0.3, -0.25) is 4.57 Å². The second-order valence-corrected chi connectivity index (χ2v) is 29.9. The van der Waals surface area contributed by atoms with E-state index in [2.05, 4.69) is 448 Å². The lowest BCUT2D eigenvalue weighted by Gasteiger charge is -2.27. The summed E-state index contributed by atoms with van der Waals surface area (Å²) in [7, 11) is 0. The van der Waals surface area contributed by atoms with Crippen LogP contribution in [0.3, 0.4) is 0 Å². The number of fused-ring (bicyclic) bond motifs is 10. The minimum Gasteiger partial charge on any atom is -0.370 e. The number of imidazole rings is 1. The Kier molecular flexibility index (Phi) is 21.4. The van der Waals surface area contributed by atoms with Gasteiger partial charge in [-0.25, -0.2) is 19.9 Å². The summed E-state index contributed by atoms with van der Waals surface area (Å²) in [6, 6.07) is 142. The standard InChI is InChI=1S/C52H38N2.C41H30N2.C18N12/c1-4-13-39(14-5-1)41-23-31-47(32-24-41)53(48-33-25-42(26-34-48)40-15-6-2-7-16-40)49-35-27-43(28-36-49)44-29-37-50(38-30-44)54(46-19-8-3-9-20-46)52-22-12-18-45-17-10-11-21-51(45)52;1-2-39-42-37-18-10-11-19-38(37)43(39)32-26-24-31(25-27-32)41-35-16-8-6-14-33(35)40(34-15-7-9-17-36(34)41)30-22-20-29(21-23-30)28-12-4-3-5-13-28;1-22-16-9(6-21)27-12-10-11(26-8(5-20)7(4-19)25-10)14-15(13(12)28-16)30-18(24-3)17(23-2)29-14/h1-38H;3-27H,2H2,1H3;. The molecule has 16 nitrogen and oxygen atoms in total. The summed E-state index contributed by atoms with van der Waals surface area (Å²) in [5.74, 6) is 0.186. The third-order valence-corrected chi connectivity index (χ3v) is 22.6. The molecule has 0 N–H and O–H groups in total. The topological polar surface area (TPSA) is 186 Å². The molecule has 127 heavy (non-hydrogen) atoms. The molecule has 592 valence electrons. The molecule has 0 amide bonds. The van der Waals surface area contributed by atoms with Gasteiger partial charge in [-0.2, -0.15) is 15.8 Å². The number of benzene rings is 17. The summed E-state index contributed by atoms with van der Waals surface area (Å²) in [5.41, 5.74) is 23.8. The number of hydrogen-bond acceptors (Lipinski definition) is 12. The van der Waals surface area contributed by atoms with Crippen molar-refractivity contribution < 1.29 is 0 Å². The first-order valence-electron chi connectivity index (χ1n) is 41.1. The third kappa shape index (κ3) is 15.1. The minimum atomic E-state index is -0.298. The fourth-order valence-electron chi connectivity index (χ4n) is 16.6. The van der Waals surface area contributed by atoms with Crippen LogP contribution in [0.5, 0.6) is 0 Å². The van der Waals surface area contributed by atoms with E-state index in [0.717, 1.165) is 63.1 Å². The smallest absolute Gasteiger partial charge is 0.307 e. The van der Waals surface area contributed by atoms with Gasteiger partial charge >= 0.3 is 5.82 Å². The van der Waals surface area contributed by atoms with Crippen LogP contribution in [0, 0.1) is 53.7 Å². The van der Waals surface area contributed by atoms with Crippen LogP contribution in [0.15, 0.2) is 382 Å². The average molecular weight is 1630 g/mol. The summed E-state index contributed by atoms with van der Waals surface area (Å²) < 4.78 is 2.29. The van der Waals surface area contributed by atoms with Gasteiger partial charge in [0.15, 0.2) is 17.1 Å².